The fourth-order valence-corrected chi connectivity index (χ4v) is 8.34. The average Bonchev–Trinajstić information content (AvgIpc) is 3.78. The van der Waals surface area contributed by atoms with Crippen LogP contribution in [0.5, 0.6) is 0 Å². The smallest absolute Gasteiger partial charge is 0.145 e. The van der Waals surface area contributed by atoms with E-state index < -0.39 is 0 Å². The molecule has 0 atom stereocenters. The lowest BCUT2D eigenvalue weighted by Crippen LogP contribution is -1.97. The fraction of sp³-hybridized carbons (Fsp3) is 0. The number of para-hydroxylation sites is 2. The van der Waals surface area contributed by atoms with Gasteiger partial charge >= 0.3 is 0 Å². The average molecular weight is 592 g/mol. The molecule has 0 amide bonds. The van der Waals surface area contributed by atoms with Crippen LogP contribution in [-0.2, 0) is 0 Å². The van der Waals surface area contributed by atoms with Crippen LogP contribution < -0.4 is 0 Å². The molecule has 0 saturated carbocycles. The van der Waals surface area contributed by atoms with Crippen LogP contribution in [0.15, 0.2) is 152 Å². The summed E-state index contributed by atoms with van der Waals surface area (Å²) >= 11 is 1.88. The van der Waals surface area contributed by atoms with Gasteiger partial charge in [0.1, 0.15) is 5.82 Å². The molecule has 0 bridgehead atoms. The zero-order valence-electron chi connectivity index (χ0n) is 24.2. The van der Waals surface area contributed by atoms with Crippen molar-refractivity contribution in [2.75, 3.05) is 0 Å². The van der Waals surface area contributed by atoms with Gasteiger partial charge in [0, 0.05) is 42.9 Å². The minimum atomic E-state index is 0.943. The van der Waals surface area contributed by atoms with Crippen LogP contribution in [0.2, 0.25) is 0 Å². The summed E-state index contributed by atoms with van der Waals surface area (Å²) in [5.41, 5.74) is 7.92. The maximum Gasteiger partial charge on any atom is 0.145 e. The molecule has 0 aliphatic rings. The molecule has 0 aliphatic heterocycles. The topological polar surface area (TPSA) is 22.8 Å². The predicted octanol–water partition coefficient (Wildman–Crippen LogP) is 11.3. The number of rotatable bonds is 3. The Labute approximate surface area is 262 Å². The number of nitrogens with zero attached hydrogens (tertiary/aromatic N) is 3. The van der Waals surface area contributed by atoms with Crippen LogP contribution in [0.25, 0.3) is 86.5 Å². The first-order valence-electron chi connectivity index (χ1n) is 15.2. The Balaban J connectivity index is 1.35. The van der Waals surface area contributed by atoms with Crippen molar-refractivity contribution in [2.24, 2.45) is 0 Å². The molecule has 0 saturated heterocycles. The van der Waals surface area contributed by atoms with E-state index in [0.29, 0.717) is 0 Å². The van der Waals surface area contributed by atoms with Gasteiger partial charge in [-0.3, -0.25) is 4.57 Å². The molecule has 0 N–H and O–H groups in total. The van der Waals surface area contributed by atoms with E-state index in [4.69, 9.17) is 4.98 Å². The third-order valence-corrected chi connectivity index (χ3v) is 10.3. The summed E-state index contributed by atoms with van der Waals surface area (Å²) in [5.74, 6) is 0.943. The molecule has 0 spiro atoms. The van der Waals surface area contributed by atoms with Crippen molar-refractivity contribution in [3.05, 3.63) is 152 Å². The maximum absolute atomic E-state index is 5.31. The van der Waals surface area contributed by atoms with Gasteiger partial charge in [0.2, 0.25) is 0 Å². The molecule has 0 aliphatic carbocycles. The van der Waals surface area contributed by atoms with Gasteiger partial charge in [-0.15, -0.1) is 11.3 Å². The highest BCUT2D eigenvalue weighted by molar-refractivity contribution is 7.26. The van der Waals surface area contributed by atoms with E-state index in [2.05, 4.69) is 161 Å². The van der Waals surface area contributed by atoms with Crippen molar-refractivity contribution in [3.63, 3.8) is 0 Å². The first-order chi connectivity index (χ1) is 22.3. The first-order valence-corrected chi connectivity index (χ1v) is 16.0. The Morgan fingerprint density at radius 1 is 0.489 bits per heavy atom. The molecule has 3 heterocycles. The zero-order chi connectivity index (χ0) is 29.5. The summed E-state index contributed by atoms with van der Waals surface area (Å²) in [4.78, 5) is 5.31. The van der Waals surface area contributed by atoms with E-state index in [9.17, 15) is 0 Å². The van der Waals surface area contributed by atoms with Crippen LogP contribution in [0.3, 0.4) is 0 Å². The summed E-state index contributed by atoms with van der Waals surface area (Å²) in [6.07, 6.45) is 0. The second-order valence-corrected chi connectivity index (χ2v) is 12.7. The minimum absolute atomic E-state index is 0.943. The summed E-state index contributed by atoms with van der Waals surface area (Å²) < 4.78 is 7.40. The Morgan fingerprint density at radius 2 is 1.22 bits per heavy atom. The van der Waals surface area contributed by atoms with Crippen LogP contribution in [0, 0.1) is 0 Å². The Bertz CT molecular complexity index is 2750. The molecular formula is C41H25N3S. The van der Waals surface area contributed by atoms with Crippen LogP contribution in [-0.4, -0.2) is 14.1 Å². The number of benzene rings is 7. The van der Waals surface area contributed by atoms with E-state index in [-0.39, 0.29) is 0 Å². The van der Waals surface area contributed by atoms with Gasteiger partial charge in [-0.05, 0) is 47.9 Å². The van der Waals surface area contributed by atoms with Gasteiger partial charge < -0.3 is 4.57 Å². The largest absolute Gasteiger partial charge is 0.307 e. The predicted molar refractivity (Wildman–Crippen MR) is 191 cm³/mol. The van der Waals surface area contributed by atoms with Gasteiger partial charge in [0.05, 0.1) is 32.5 Å². The number of hydrogen-bond acceptors (Lipinski definition) is 2. The third-order valence-electron chi connectivity index (χ3n) is 9.10. The number of hydrogen-bond donors (Lipinski definition) is 0. The van der Waals surface area contributed by atoms with E-state index >= 15 is 0 Å². The molecule has 0 fully saturated rings. The molecule has 3 nitrogen and oxygen atoms in total. The van der Waals surface area contributed by atoms with Crippen molar-refractivity contribution in [1.29, 1.82) is 0 Å². The summed E-state index contributed by atoms with van der Waals surface area (Å²) in [5, 5.41) is 7.52. The molecule has 0 unspecified atom stereocenters. The molecule has 7 aromatic carbocycles. The SMILES string of the molecule is c1ccc(-c2nc3cc4c(ccc5c6ccccc6n(-c6cccc7c6sc6ccccc67)c45)cc3n2-c2ccccc2)cc1. The Kier molecular flexibility index (Phi) is 5.16. The van der Waals surface area contributed by atoms with Gasteiger partial charge in [0.25, 0.3) is 0 Å². The highest BCUT2D eigenvalue weighted by Crippen LogP contribution is 2.43. The summed E-state index contributed by atoms with van der Waals surface area (Å²) in [6.45, 7) is 0. The molecular weight excluding hydrogens is 567 g/mol. The molecule has 10 rings (SSSR count). The quantitative estimate of drug-likeness (QED) is 0.200. The fourth-order valence-electron chi connectivity index (χ4n) is 7.13. The Morgan fingerprint density at radius 3 is 2.09 bits per heavy atom. The van der Waals surface area contributed by atoms with Gasteiger partial charge in [0.15, 0.2) is 0 Å². The van der Waals surface area contributed by atoms with E-state index in [1.54, 1.807) is 0 Å². The highest BCUT2D eigenvalue weighted by Gasteiger charge is 2.20. The van der Waals surface area contributed by atoms with Crippen molar-refractivity contribution in [3.8, 4) is 22.8 Å². The lowest BCUT2D eigenvalue weighted by Gasteiger charge is -2.12. The maximum atomic E-state index is 5.31. The van der Waals surface area contributed by atoms with Gasteiger partial charge in [-0.1, -0.05) is 109 Å². The number of fused-ring (bicyclic) bond motifs is 9. The second-order valence-electron chi connectivity index (χ2n) is 11.6. The van der Waals surface area contributed by atoms with Crippen molar-refractivity contribution >= 4 is 75.1 Å². The van der Waals surface area contributed by atoms with Crippen molar-refractivity contribution in [2.45, 2.75) is 0 Å². The lowest BCUT2D eigenvalue weighted by atomic mass is 10.0. The third kappa shape index (κ3) is 3.54. The van der Waals surface area contributed by atoms with Crippen LogP contribution in [0.1, 0.15) is 0 Å². The molecule has 10 aromatic rings. The highest BCUT2D eigenvalue weighted by atomic mass is 32.1. The van der Waals surface area contributed by atoms with Gasteiger partial charge in [-0.25, -0.2) is 4.98 Å². The molecule has 4 heteroatoms. The first kappa shape index (κ1) is 24.7. The lowest BCUT2D eigenvalue weighted by molar-refractivity contribution is 1.10. The van der Waals surface area contributed by atoms with E-state index in [1.165, 1.54) is 58.4 Å². The molecule has 45 heavy (non-hydrogen) atoms. The number of thiophene rings is 1. The molecule has 210 valence electrons. The standard InChI is InChI=1S/C41H25N3S/c1-3-12-26(13-4-1)41-42-34-25-33-27(24-37(34)43(41)28-14-5-2-6-15-28)22-23-31-29-16-7-9-19-35(29)44(39(31)33)36-20-11-18-32-30-17-8-10-21-38(30)45-40(32)36/h1-25H. The van der Waals surface area contributed by atoms with Crippen molar-refractivity contribution in [1.82, 2.24) is 14.1 Å². The molecule has 0 radical (unpaired) electrons. The summed E-state index contributed by atoms with van der Waals surface area (Å²) in [6, 6.07) is 54.5. The monoisotopic (exact) mass is 591 g/mol. The van der Waals surface area contributed by atoms with E-state index in [1.807, 2.05) is 11.3 Å². The zero-order valence-corrected chi connectivity index (χ0v) is 25.0. The van der Waals surface area contributed by atoms with Crippen LogP contribution in [0.4, 0.5) is 0 Å². The molecule has 3 aromatic heterocycles. The van der Waals surface area contributed by atoms with Gasteiger partial charge in [-0.2, -0.15) is 0 Å². The number of aromatic nitrogens is 3. The number of imidazole rings is 1. The minimum Gasteiger partial charge on any atom is -0.307 e. The van der Waals surface area contributed by atoms with Crippen molar-refractivity contribution < 1.29 is 0 Å². The summed E-state index contributed by atoms with van der Waals surface area (Å²) in [7, 11) is 0. The van der Waals surface area contributed by atoms with E-state index in [0.717, 1.165) is 28.1 Å². The second kappa shape index (κ2) is 9.39. The Hall–Kier alpha value is -5.71. The normalized spacial score (nSPS) is 12.0. The van der Waals surface area contributed by atoms with Crippen LogP contribution >= 0.6 is 11.3 Å².